The Morgan fingerprint density at radius 2 is 2.00 bits per heavy atom. The average Bonchev–Trinajstić information content (AvgIpc) is 3.22. The molecule has 0 spiro atoms. The van der Waals surface area contributed by atoms with Crippen molar-refractivity contribution in [3.8, 4) is 11.3 Å². The fourth-order valence-corrected chi connectivity index (χ4v) is 2.09. The highest BCUT2D eigenvalue weighted by Crippen LogP contribution is 2.22. The Morgan fingerprint density at radius 1 is 1.25 bits per heavy atom. The van der Waals surface area contributed by atoms with Gasteiger partial charge in [-0.3, -0.25) is 5.10 Å². The molecule has 0 unspecified atom stereocenters. The summed E-state index contributed by atoms with van der Waals surface area (Å²) in [7, 11) is 0. The Bertz CT molecular complexity index is 831. The lowest BCUT2D eigenvalue weighted by Gasteiger charge is -2.10. The van der Waals surface area contributed by atoms with Crippen LogP contribution >= 0.6 is 0 Å². The van der Waals surface area contributed by atoms with Gasteiger partial charge in [0.05, 0.1) is 11.9 Å². The van der Waals surface area contributed by atoms with Crippen molar-refractivity contribution in [2.75, 3.05) is 0 Å². The summed E-state index contributed by atoms with van der Waals surface area (Å²) in [6.07, 6.45) is 1.44. The van der Waals surface area contributed by atoms with Gasteiger partial charge < -0.3 is 9.26 Å². The van der Waals surface area contributed by atoms with Gasteiger partial charge in [0.25, 0.3) is 5.89 Å². The van der Waals surface area contributed by atoms with E-state index in [0.717, 1.165) is 5.56 Å². The molecule has 2 heterocycles. The van der Waals surface area contributed by atoms with E-state index in [1.165, 1.54) is 6.20 Å². The lowest BCUT2D eigenvalue weighted by molar-refractivity contribution is 0.0431. The molecule has 0 aliphatic carbocycles. The topological polar surface area (TPSA) is 93.9 Å². The molecule has 1 N–H and O–H groups in total. The first-order valence-corrected chi connectivity index (χ1v) is 7.54. The van der Waals surface area contributed by atoms with Crippen LogP contribution in [0.25, 0.3) is 11.3 Å². The fraction of sp³-hybridized carbons (Fsp3) is 0.294. The van der Waals surface area contributed by atoms with Crippen LogP contribution in [0.3, 0.4) is 0 Å². The minimum atomic E-state index is -0.502. The predicted molar refractivity (Wildman–Crippen MR) is 86.1 cm³/mol. The highest BCUT2D eigenvalue weighted by Gasteiger charge is 2.22. The zero-order valence-electron chi connectivity index (χ0n) is 13.7. The Balaban J connectivity index is 1.71. The van der Waals surface area contributed by atoms with Crippen molar-refractivity contribution in [2.24, 2.45) is 0 Å². The quantitative estimate of drug-likeness (QED) is 0.740. The summed E-state index contributed by atoms with van der Waals surface area (Å²) in [6, 6.07) is 9.45. The molecule has 0 fully saturated rings. The predicted octanol–water partition coefficient (Wildman–Crippen LogP) is 3.11. The summed E-state index contributed by atoms with van der Waals surface area (Å²) in [4.78, 5) is 16.5. The normalized spacial score (nSPS) is 11.5. The van der Waals surface area contributed by atoms with E-state index >= 15 is 0 Å². The Morgan fingerprint density at radius 3 is 2.67 bits per heavy atom. The van der Waals surface area contributed by atoms with E-state index in [1.54, 1.807) is 0 Å². The maximum atomic E-state index is 12.3. The average molecular weight is 326 g/mol. The number of rotatable bonds is 4. The van der Waals surface area contributed by atoms with E-state index in [-0.39, 0.29) is 17.9 Å². The molecule has 0 saturated heterocycles. The van der Waals surface area contributed by atoms with Crippen LogP contribution in [0.2, 0.25) is 0 Å². The summed E-state index contributed by atoms with van der Waals surface area (Å²) in [6.45, 7) is 5.85. The number of H-pyrrole nitrogens is 1. The SMILES string of the molecule is CC(C)(C)c1noc(COC(=O)c2cn[nH]c2-c2ccccc2)n1. The van der Waals surface area contributed by atoms with Crippen LogP contribution in [0.4, 0.5) is 0 Å². The number of benzene rings is 1. The zero-order valence-corrected chi connectivity index (χ0v) is 13.7. The van der Waals surface area contributed by atoms with E-state index in [9.17, 15) is 4.79 Å². The lowest BCUT2D eigenvalue weighted by atomic mass is 9.96. The summed E-state index contributed by atoms with van der Waals surface area (Å²) >= 11 is 0. The Hall–Kier alpha value is -2.96. The van der Waals surface area contributed by atoms with E-state index in [1.807, 2.05) is 51.1 Å². The monoisotopic (exact) mass is 326 g/mol. The van der Waals surface area contributed by atoms with Gasteiger partial charge in [0.2, 0.25) is 0 Å². The molecule has 0 aliphatic heterocycles. The highest BCUT2D eigenvalue weighted by atomic mass is 16.6. The molecule has 0 radical (unpaired) electrons. The van der Waals surface area contributed by atoms with Crippen LogP contribution in [0.1, 0.15) is 42.8 Å². The van der Waals surface area contributed by atoms with Crippen molar-refractivity contribution in [3.63, 3.8) is 0 Å². The Labute approximate surface area is 139 Å². The second kappa shape index (κ2) is 6.27. The number of nitrogens with one attached hydrogen (secondary N) is 1. The number of aromatic nitrogens is 4. The zero-order chi connectivity index (χ0) is 17.2. The van der Waals surface area contributed by atoms with E-state index in [0.29, 0.717) is 17.1 Å². The first kappa shape index (κ1) is 15.9. The van der Waals surface area contributed by atoms with Crippen LogP contribution in [-0.4, -0.2) is 26.3 Å². The van der Waals surface area contributed by atoms with Gasteiger partial charge in [0, 0.05) is 11.0 Å². The molecule has 24 heavy (non-hydrogen) atoms. The number of nitrogens with zero attached hydrogens (tertiary/aromatic N) is 3. The van der Waals surface area contributed by atoms with Gasteiger partial charge >= 0.3 is 5.97 Å². The first-order chi connectivity index (χ1) is 11.4. The van der Waals surface area contributed by atoms with Crippen LogP contribution in [0.15, 0.2) is 41.1 Å². The lowest BCUT2D eigenvalue weighted by Crippen LogP contribution is -2.13. The summed E-state index contributed by atoms with van der Waals surface area (Å²) < 4.78 is 10.4. The minimum absolute atomic E-state index is 0.0820. The van der Waals surface area contributed by atoms with Crippen LogP contribution < -0.4 is 0 Å². The largest absolute Gasteiger partial charge is 0.452 e. The van der Waals surface area contributed by atoms with Crippen molar-refractivity contribution in [3.05, 3.63) is 53.8 Å². The molecule has 7 nitrogen and oxygen atoms in total. The number of carbonyl (C=O) groups is 1. The third-order valence-electron chi connectivity index (χ3n) is 3.39. The third-order valence-corrected chi connectivity index (χ3v) is 3.39. The smallest absolute Gasteiger partial charge is 0.342 e. The van der Waals surface area contributed by atoms with Crippen LogP contribution in [0.5, 0.6) is 0 Å². The second-order valence-corrected chi connectivity index (χ2v) is 6.36. The fourth-order valence-electron chi connectivity index (χ4n) is 2.09. The standard InChI is InChI=1S/C17H18N4O3/c1-17(2,3)16-19-13(24-21-16)10-23-15(22)12-9-18-20-14(12)11-7-5-4-6-8-11/h4-9H,10H2,1-3H3,(H,18,20). The molecule has 3 rings (SSSR count). The van der Waals surface area contributed by atoms with Crippen molar-refractivity contribution in [1.29, 1.82) is 0 Å². The molecular weight excluding hydrogens is 308 g/mol. The van der Waals surface area contributed by atoms with Crippen molar-refractivity contribution < 1.29 is 14.1 Å². The molecule has 1 aromatic carbocycles. The van der Waals surface area contributed by atoms with Gasteiger partial charge in [-0.1, -0.05) is 56.3 Å². The van der Waals surface area contributed by atoms with Gasteiger partial charge in [-0.05, 0) is 0 Å². The van der Waals surface area contributed by atoms with Gasteiger partial charge in [-0.25, -0.2) is 4.79 Å². The first-order valence-electron chi connectivity index (χ1n) is 7.54. The maximum absolute atomic E-state index is 12.3. The van der Waals surface area contributed by atoms with Crippen molar-refractivity contribution >= 4 is 5.97 Å². The number of aromatic amines is 1. The highest BCUT2D eigenvalue weighted by molar-refractivity contribution is 5.95. The van der Waals surface area contributed by atoms with E-state index in [4.69, 9.17) is 9.26 Å². The molecule has 0 amide bonds. The number of hydrogen-bond acceptors (Lipinski definition) is 6. The molecule has 7 heteroatoms. The van der Waals surface area contributed by atoms with Gasteiger partial charge in [0.15, 0.2) is 12.4 Å². The molecule has 0 bridgehead atoms. The molecule has 0 aliphatic rings. The summed E-state index contributed by atoms with van der Waals surface area (Å²) in [5.41, 5.74) is 1.60. The second-order valence-electron chi connectivity index (χ2n) is 6.36. The third kappa shape index (κ3) is 3.34. The molecular formula is C17H18N4O3. The van der Waals surface area contributed by atoms with Gasteiger partial charge in [-0.15, -0.1) is 0 Å². The maximum Gasteiger partial charge on any atom is 0.342 e. The number of esters is 1. The van der Waals surface area contributed by atoms with Crippen LogP contribution in [-0.2, 0) is 16.8 Å². The molecule has 0 saturated carbocycles. The van der Waals surface area contributed by atoms with Crippen molar-refractivity contribution in [2.45, 2.75) is 32.8 Å². The van der Waals surface area contributed by atoms with Crippen molar-refractivity contribution in [1.82, 2.24) is 20.3 Å². The van der Waals surface area contributed by atoms with E-state index in [2.05, 4.69) is 20.3 Å². The molecule has 124 valence electrons. The summed E-state index contributed by atoms with van der Waals surface area (Å²) in [5, 5.41) is 10.7. The molecule has 2 aromatic heterocycles. The summed E-state index contributed by atoms with van der Waals surface area (Å²) in [5.74, 6) is 0.331. The van der Waals surface area contributed by atoms with E-state index < -0.39 is 5.97 Å². The number of hydrogen-bond donors (Lipinski definition) is 1. The number of carbonyl (C=O) groups excluding carboxylic acids is 1. The van der Waals surface area contributed by atoms with Gasteiger partial charge in [-0.2, -0.15) is 10.1 Å². The number of ether oxygens (including phenoxy) is 1. The molecule has 0 atom stereocenters. The molecule has 3 aromatic rings. The Kier molecular flexibility index (Phi) is 4.16. The van der Waals surface area contributed by atoms with Crippen LogP contribution in [0, 0.1) is 0 Å². The van der Waals surface area contributed by atoms with Gasteiger partial charge in [0.1, 0.15) is 5.56 Å². The minimum Gasteiger partial charge on any atom is -0.452 e.